The topological polar surface area (TPSA) is 26.3 Å². The number of hydrogen-bond acceptors (Lipinski definition) is 2. The van der Waals surface area contributed by atoms with Crippen molar-refractivity contribution < 1.29 is 22.7 Å². The van der Waals surface area contributed by atoms with Gasteiger partial charge in [0.05, 0.1) is 23.3 Å². The monoisotopic (exact) mass is 314 g/mol. The Morgan fingerprint density at radius 1 is 1.10 bits per heavy atom. The molecular formula is C15H10ClF3O2. The van der Waals surface area contributed by atoms with E-state index in [1.165, 1.54) is 31.4 Å². The van der Waals surface area contributed by atoms with Crippen LogP contribution < -0.4 is 0 Å². The van der Waals surface area contributed by atoms with Gasteiger partial charge in [-0.3, -0.25) is 0 Å². The van der Waals surface area contributed by atoms with Gasteiger partial charge in [-0.25, -0.2) is 4.79 Å². The highest BCUT2D eigenvalue weighted by molar-refractivity contribution is 6.33. The first-order valence-electron chi connectivity index (χ1n) is 5.88. The first-order valence-corrected chi connectivity index (χ1v) is 6.26. The predicted octanol–water partition coefficient (Wildman–Crippen LogP) is 4.81. The smallest absolute Gasteiger partial charge is 0.416 e. The van der Waals surface area contributed by atoms with E-state index in [1.54, 1.807) is 6.07 Å². The molecular weight excluding hydrogens is 305 g/mol. The van der Waals surface area contributed by atoms with Crippen LogP contribution in [0.15, 0.2) is 42.5 Å². The largest absolute Gasteiger partial charge is 0.465 e. The fourth-order valence-electron chi connectivity index (χ4n) is 1.85. The zero-order chi connectivity index (χ0) is 15.6. The summed E-state index contributed by atoms with van der Waals surface area (Å²) in [5.74, 6) is -0.601. The van der Waals surface area contributed by atoms with E-state index in [0.29, 0.717) is 11.1 Å². The summed E-state index contributed by atoms with van der Waals surface area (Å²) in [6, 6.07) is 9.26. The van der Waals surface area contributed by atoms with E-state index >= 15 is 0 Å². The van der Waals surface area contributed by atoms with E-state index in [9.17, 15) is 18.0 Å². The van der Waals surface area contributed by atoms with Crippen LogP contribution in [-0.4, -0.2) is 13.1 Å². The molecule has 2 aromatic carbocycles. The minimum Gasteiger partial charge on any atom is -0.465 e. The second-order valence-electron chi connectivity index (χ2n) is 4.26. The molecule has 0 aliphatic heterocycles. The standard InChI is InChI=1S/C15H10ClF3O2/c1-21-14(20)12-6-5-10(8-13(12)16)9-3-2-4-11(7-9)15(17,18)19/h2-8H,1H3. The molecule has 0 aromatic heterocycles. The van der Waals surface area contributed by atoms with E-state index in [0.717, 1.165) is 12.1 Å². The minimum absolute atomic E-state index is 0.122. The third kappa shape index (κ3) is 3.36. The van der Waals surface area contributed by atoms with Crippen LogP contribution in [0.4, 0.5) is 13.2 Å². The lowest BCUT2D eigenvalue weighted by atomic mass is 10.0. The maximum Gasteiger partial charge on any atom is 0.416 e. The van der Waals surface area contributed by atoms with Gasteiger partial charge in [0.1, 0.15) is 0 Å². The number of benzene rings is 2. The summed E-state index contributed by atoms with van der Waals surface area (Å²) < 4.78 is 42.6. The maximum atomic E-state index is 12.7. The van der Waals surface area contributed by atoms with Crippen molar-refractivity contribution in [1.82, 2.24) is 0 Å². The molecule has 0 saturated carbocycles. The van der Waals surface area contributed by atoms with Gasteiger partial charge in [0.2, 0.25) is 0 Å². The number of alkyl halides is 3. The van der Waals surface area contributed by atoms with Gasteiger partial charge in [-0.1, -0.05) is 29.8 Å². The van der Waals surface area contributed by atoms with Gasteiger partial charge >= 0.3 is 12.1 Å². The molecule has 6 heteroatoms. The summed E-state index contributed by atoms with van der Waals surface area (Å²) in [4.78, 5) is 11.4. The van der Waals surface area contributed by atoms with Crippen LogP contribution in [0.2, 0.25) is 5.02 Å². The molecule has 2 aromatic rings. The number of esters is 1. The van der Waals surface area contributed by atoms with Gasteiger partial charge < -0.3 is 4.74 Å². The van der Waals surface area contributed by atoms with Gasteiger partial charge in [0.25, 0.3) is 0 Å². The Balaban J connectivity index is 2.44. The first-order chi connectivity index (χ1) is 9.82. The van der Waals surface area contributed by atoms with Crippen LogP contribution in [0.5, 0.6) is 0 Å². The van der Waals surface area contributed by atoms with Gasteiger partial charge in [-0.15, -0.1) is 0 Å². The third-order valence-corrected chi connectivity index (χ3v) is 3.21. The van der Waals surface area contributed by atoms with Crippen molar-refractivity contribution in [2.75, 3.05) is 7.11 Å². The summed E-state index contributed by atoms with van der Waals surface area (Å²) >= 11 is 5.96. The van der Waals surface area contributed by atoms with Crippen molar-refractivity contribution in [3.63, 3.8) is 0 Å². The maximum absolute atomic E-state index is 12.7. The van der Waals surface area contributed by atoms with E-state index in [-0.39, 0.29) is 10.6 Å². The second-order valence-corrected chi connectivity index (χ2v) is 4.67. The molecule has 2 nitrogen and oxygen atoms in total. The quantitative estimate of drug-likeness (QED) is 0.743. The zero-order valence-corrected chi connectivity index (χ0v) is 11.6. The zero-order valence-electron chi connectivity index (χ0n) is 10.9. The molecule has 0 spiro atoms. The van der Waals surface area contributed by atoms with Crippen LogP contribution in [0, 0.1) is 0 Å². The van der Waals surface area contributed by atoms with Crippen LogP contribution >= 0.6 is 11.6 Å². The minimum atomic E-state index is -4.41. The third-order valence-electron chi connectivity index (χ3n) is 2.90. The fraction of sp³-hybridized carbons (Fsp3) is 0.133. The van der Waals surface area contributed by atoms with Crippen molar-refractivity contribution in [2.45, 2.75) is 6.18 Å². The summed E-state index contributed by atoms with van der Waals surface area (Å²) in [6.45, 7) is 0. The molecule has 0 aliphatic rings. The Morgan fingerprint density at radius 2 is 1.76 bits per heavy atom. The summed E-state index contributed by atoms with van der Waals surface area (Å²) in [5, 5.41) is 0.122. The molecule has 0 saturated heterocycles. The molecule has 110 valence electrons. The average molecular weight is 315 g/mol. The highest BCUT2D eigenvalue weighted by atomic mass is 35.5. The lowest BCUT2D eigenvalue weighted by Crippen LogP contribution is -2.04. The lowest BCUT2D eigenvalue weighted by Gasteiger charge is -2.10. The van der Waals surface area contributed by atoms with E-state index in [1.807, 2.05) is 0 Å². The van der Waals surface area contributed by atoms with E-state index < -0.39 is 17.7 Å². The van der Waals surface area contributed by atoms with Crippen LogP contribution in [0.25, 0.3) is 11.1 Å². The van der Waals surface area contributed by atoms with Crippen LogP contribution in [0.1, 0.15) is 15.9 Å². The Labute approximate surface area is 124 Å². The van der Waals surface area contributed by atoms with Crippen molar-refractivity contribution in [3.8, 4) is 11.1 Å². The van der Waals surface area contributed by atoms with Gasteiger partial charge in [0, 0.05) is 0 Å². The van der Waals surface area contributed by atoms with Crippen molar-refractivity contribution in [3.05, 3.63) is 58.6 Å². The summed E-state index contributed by atoms with van der Waals surface area (Å²) in [6.07, 6.45) is -4.41. The molecule has 2 rings (SSSR count). The summed E-state index contributed by atoms with van der Waals surface area (Å²) in [7, 11) is 1.22. The lowest BCUT2D eigenvalue weighted by molar-refractivity contribution is -0.137. The molecule has 0 amide bonds. The van der Waals surface area contributed by atoms with Crippen LogP contribution in [-0.2, 0) is 10.9 Å². The number of carbonyl (C=O) groups is 1. The molecule has 21 heavy (non-hydrogen) atoms. The Hall–Kier alpha value is -2.01. The SMILES string of the molecule is COC(=O)c1ccc(-c2cccc(C(F)(F)F)c2)cc1Cl. The molecule has 0 radical (unpaired) electrons. The number of rotatable bonds is 2. The summed E-state index contributed by atoms with van der Waals surface area (Å²) in [5.41, 5.74) is 0.268. The van der Waals surface area contributed by atoms with Crippen molar-refractivity contribution >= 4 is 17.6 Å². The average Bonchev–Trinajstić information content (AvgIpc) is 2.45. The highest BCUT2D eigenvalue weighted by Gasteiger charge is 2.30. The Morgan fingerprint density at radius 3 is 2.33 bits per heavy atom. The number of carbonyl (C=O) groups excluding carboxylic acids is 1. The van der Waals surface area contributed by atoms with Gasteiger partial charge in [0.15, 0.2) is 0 Å². The predicted molar refractivity (Wildman–Crippen MR) is 73.2 cm³/mol. The van der Waals surface area contributed by atoms with Gasteiger partial charge in [-0.05, 0) is 35.4 Å². The molecule has 0 N–H and O–H groups in total. The van der Waals surface area contributed by atoms with Crippen molar-refractivity contribution in [2.24, 2.45) is 0 Å². The molecule has 0 aliphatic carbocycles. The number of halogens is 4. The second kappa shape index (κ2) is 5.77. The molecule has 0 unspecified atom stereocenters. The molecule has 0 bridgehead atoms. The number of methoxy groups -OCH3 is 1. The first kappa shape index (κ1) is 15.4. The number of hydrogen-bond donors (Lipinski definition) is 0. The van der Waals surface area contributed by atoms with Crippen molar-refractivity contribution in [1.29, 1.82) is 0 Å². The highest BCUT2D eigenvalue weighted by Crippen LogP contribution is 2.33. The van der Waals surface area contributed by atoms with Gasteiger partial charge in [-0.2, -0.15) is 13.2 Å². The Kier molecular flexibility index (Phi) is 4.23. The molecule has 0 heterocycles. The van der Waals surface area contributed by atoms with Crippen LogP contribution in [0.3, 0.4) is 0 Å². The normalized spacial score (nSPS) is 11.3. The van der Waals surface area contributed by atoms with E-state index in [4.69, 9.17) is 11.6 Å². The Bertz CT molecular complexity index is 681. The fourth-order valence-corrected chi connectivity index (χ4v) is 2.10. The number of ether oxygens (including phenoxy) is 1. The van der Waals surface area contributed by atoms with E-state index in [2.05, 4.69) is 4.74 Å². The molecule has 0 atom stereocenters. The molecule has 0 fully saturated rings.